The van der Waals surface area contributed by atoms with Gasteiger partial charge in [0.1, 0.15) is 12.2 Å². The SMILES string of the molecule is c1ccc(Cc2nc3c(c4nncn24)CCNCC3)cc1. The lowest BCUT2D eigenvalue weighted by molar-refractivity contribution is 0.708. The van der Waals surface area contributed by atoms with Gasteiger partial charge in [-0.1, -0.05) is 30.3 Å². The molecule has 0 fully saturated rings. The Morgan fingerprint density at radius 3 is 2.86 bits per heavy atom. The molecule has 0 atom stereocenters. The quantitative estimate of drug-likeness (QED) is 0.770. The molecule has 4 rings (SSSR count). The summed E-state index contributed by atoms with van der Waals surface area (Å²) in [6, 6.07) is 10.4. The van der Waals surface area contributed by atoms with Gasteiger partial charge in [-0.15, -0.1) is 10.2 Å². The average molecular weight is 279 g/mol. The molecule has 3 aromatic rings. The first kappa shape index (κ1) is 12.5. The van der Waals surface area contributed by atoms with Gasteiger partial charge in [0.15, 0.2) is 5.65 Å². The second kappa shape index (κ2) is 5.26. The zero-order chi connectivity index (χ0) is 14.1. The highest BCUT2D eigenvalue weighted by molar-refractivity contribution is 5.50. The summed E-state index contributed by atoms with van der Waals surface area (Å²) >= 11 is 0. The zero-order valence-corrected chi connectivity index (χ0v) is 11.8. The van der Waals surface area contributed by atoms with Crippen molar-refractivity contribution in [1.82, 2.24) is 24.9 Å². The van der Waals surface area contributed by atoms with Gasteiger partial charge in [-0.2, -0.15) is 0 Å². The standard InChI is InChI=1S/C16H17N5/c1-2-4-12(5-3-1)10-15-19-14-7-9-17-8-6-13(14)16-20-18-11-21(15)16/h1-5,11,17H,6-10H2. The van der Waals surface area contributed by atoms with Crippen molar-refractivity contribution in [2.24, 2.45) is 0 Å². The first-order valence-electron chi connectivity index (χ1n) is 7.37. The van der Waals surface area contributed by atoms with Crippen molar-refractivity contribution in [2.45, 2.75) is 19.3 Å². The van der Waals surface area contributed by atoms with E-state index >= 15 is 0 Å². The first-order chi connectivity index (χ1) is 10.4. The first-order valence-corrected chi connectivity index (χ1v) is 7.37. The Kier molecular flexibility index (Phi) is 3.12. The Hall–Kier alpha value is -2.27. The number of nitrogens with zero attached hydrogens (tertiary/aromatic N) is 4. The van der Waals surface area contributed by atoms with Gasteiger partial charge in [-0.05, 0) is 18.5 Å². The molecule has 0 spiro atoms. The lowest BCUT2D eigenvalue weighted by atomic mass is 10.1. The molecule has 21 heavy (non-hydrogen) atoms. The van der Waals surface area contributed by atoms with Crippen LogP contribution in [0.4, 0.5) is 0 Å². The minimum atomic E-state index is 0.802. The van der Waals surface area contributed by atoms with Gasteiger partial charge in [-0.25, -0.2) is 4.98 Å². The van der Waals surface area contributed by atoms with E-state index in [1.54, 1.807) is 6.33 Å². The highest BCUT2D eigenvalue weighted by atomic mass is 15.2. The minimum Gasteiger partial charge on any atom is -0.316 e. The molecule has 5 nitrogen and oxygen atoms in total. The molecule has 2 aromatic heterocycles. The maximum absolute atomic E-state index is 4.91. The van der Waals surface area contributed by atoms with Crippen LogP contribution in [0.3, 0.4) is 0 Å². The van der Waals surface area contributed by atoms with Gasteiger partial charge >= 0.3 is 0 Å². The minimum absolute atomic E-state index is 0.802. The summed E-state index contributed by atoms with van der Waals surface area (Å²) in [5, 5.41) is 11.8. The van der Waals surface area contributed by atoms with E-state index in [0.29, 0.717) is 0 Å². The predicted molar refractivity (Wildman–Crippen MR) is 80.3 cm³/mol. The Morgan fingerprint density at radius 2 is 1.95 bits per heavy atom. The number of benzene rings is 1. The normalized spacial score (nSPS) is 14.9. The van der Waals surface area contributed by atoms with Crippen LogP contribution >= 0.6 is 0 Å². The second-order valence-electron chi connectivity index (χ2n) is 5.39. The van der Waals surface area contributed by atoms with Gasteiger partial charge in [0.2, 0.25) is 0 Å². The van der Waals surface area contributed by atoms with Crippen LogP contribution < -0.4 is 5.32 Å². The summed E-state index contributed by atoms with van der Waals surface area (Å²) < 4.78 is 2.04. The van der Waals surface area contributed by atoms with Gasteiger partial charge < -0.3 is 5.32 Å². The maximum Gasteiger partial charge on any atom is 0.167 e. The molecule has 1 aliphatic rings. The van der Waals surface area contributed by atoms with Gasteiger partial charge in [0.05, 0.1) is 5.69 Å². The molecule has 0 aliphatic carbocycles. The van der Waals surface area contributed by atoms with E-state index in [0.717, 1.165) is 43.8 Å². The van der Waals surface area contributed by atoms with E-state index in [2.05, 4.69) is 39.8 Å². The third kappa shape index (κ3) is 2.29. The van der Waals surface area contributed by atoms with Crippen molar-refractivity contribution in [2.75, 3.05) is 13.1 Å². The van der Waals surface area contributed by atoms with Crippen molar-refractivity contribution >= 4 is 5.65 Å². The van der Waals surface area contributed by atoms with Crippen LogP contribution in [0.2, 0.25) is 0 Å². The largest absolute Gasteiger partial charge is 0.316 e. The van der Waals surface area contributed by atoms with E-state index in [9.17, 15) is 0 Å². The van der Waals surface area contributed by atoms with Gasteiger partial charge in [0, 0.05) is 24.9 Å². The third-order valence-corrected chi connectivity index (χ3v) is 4.00. The third-order valence-electron chi connectivity index (χ3n) is 4.00. The van der Waals surface area contributed by atoms with Crippen molar-refractivity contribution < 1.29 is 0 Å². The average Bonchev–Trinajstić information content (AvgIpc) is 2.89. The van der Waals surface area contributed by atoms with E-state index < -0.39 is 0 Å². The lowest BCUT2D eigenvalue weighted by Crippen LogP contribution is -2.16. The van der Waals surface area contributed by atoms with Crippen LogP contribution in [0.15, 0.2) is 36.7 Å². The van der Waals surface area contributed by atoms with E-state index in [4.69, 9.17) is 4.98 Å². The summed E-state index contributed by atoms with van der Waals surface area (Å²) in [7, 11) is 0. The summed E-state index contributed by atoms with van der Waals surface area (Å²) in [5.74, 6) is 1.02. The highest BCUT2D eigenvalue weighted by Crippen LogP contribution is 2.19. The van der Waals surface area contributed by atoms with Crippen LogP contribution in [-0.2, 0) is 19.3 Å². The Bertz CT molecular complexity index is 763. The smallest absolute Gasteiger partial charge is 0.167 e. The zero-order valence-electron chi connectivity index (χ0n) is 11.8. The van der Waals surface area contributed by atoms with Crippen molar-refractivity contribution in [3.05, 3.63) is 59.3 Å². The predicted octanol–water partition coefficient (Wildman–Crippen LogP) is 1.40. The summed E-state index contributed by atoms with van der Waals surface area (Å²) in [6.07, 6.45) is 4.51. The number of hydrogen-bond acceptors (Lipinski definition) is 4. The van der Waals surface area contributed by atoms with Crippen LogP contribution in [0, 0.1) is 0 Å². The molecule has 1 aliphatic heterocycles. The number of hydrogen-bond donors (Lipinski definition) is 1. The summed E-state index contributed by atoms with van der Waals surface area (Å²) in [6.45, 7) is 1.96. The number of aromatic nitrogens is 4. The molecule has 0 unspecified atom stereocenters. The molecule has 106 valence electrons. The van der Waals surface area contributed by atoms with E-state index in [1.165, 1.54) is 16.8 Å². The molecule has 0 radical (unpaired) electrons. The molecular weight excluding hydrogens is 262 g/mol. The van der Waals surface area contributed by atoms with Crippen molar-refractivity contribution in [3.8, 4) is 0 Å². The summed E-state index contributed by atoms with van der Waals surface area (Å²) in [5.41, 5.74) is 4.64. The fourth-order valence-electron chi connectivity index (χ4n) is 2.95. The fraction of sp³-hybridized carbons (Fsp3) is 0.312. The molecule has 0 saturated heterocycles. The number of fused-ring (bicyclic) bond motifs is 3. The highest BCUT2D eigenvalue weighted by Gasteiger charge is 2.17. The maximum atomic E-state index is 4.91. The fourth-order valence-corrected chi connectivity index (χ4v) is 2.95. The topological polar surface area (TPSA) is 55.1 Å². The van der Waals surface area contributed by atoms with Crippen LogP contribution in [0.5, 0.6) is 0 Å². The Balaban J connectivity index is 1.84. The van der Waals surface area contributed by atoms with Crippen molar-refractivity contribution in [3.63, 3.8) is 0 Å². The molecule has 1 aromatic carbocycles. The van der Waals surface area contributed by atoms with E-state index in [-0.39, 0.29) is 0 Å². The molecule has 3 heterocycles. The number of nitrogens with one attached hydrogen (secondary N) is 1. The van der Waals surface area contributed by atoms with Crippen LogP contribution in [-0.4, -0.2) is 32.7 Å². The van der Waals surface area contributed by atoms with Crippen molar-refractivity contribution in [1.29, 1.82) is 0 Å². The lowest BCUT2D eigenvalue weighted by Gasteiger charge is -2.11. The second-order valence-corrected chi connectivity index (χ2v) is 5.39. The summed E-state index contributed by atoms with van der Waals surface area (Å²) in [4.78, 5) is 4.91. The number of rotatable bonds is 2. The monoisotopic (exact) mass is 279 g/mol. The van der Waals surface area contributed by atoms with Crippen LogP contribution in [0.25, 0.3) is 5.65 Å². The Labute approximate surface area is 123 Å². The van der Waals surface area contributed by atoms with Gasteiger partial charge in [0.25, 0.3) is 0 Å². The Morgan fingerprint density at radius 1 is 1.10 bits per heavy atom. The molecule has 0 saturated carbocycles. The molecule has 1 N–H and O–H groups in total. The van der Waals surface area contributed by atoms with E-state index in [1.807, 2.05) is 10.5 Å². The molecular formula is C16H17N5. The van der Waals surface area contributed by atoms with Gasteiger partial charge in [-0.3, -0.25) is 4.40 Å². The molecule has 5 heteroatoms. The van der Waals surface area contributed by atoms with Crippen LogP contribution in [0.1, 0.15) is 22.6 Å². The molecule has 0 bridgehead atoms. The molecule has 0 amide bonds.